The molecule has 378 valence electrons. The largest absolute Gasteiger partial charge is 0.530 e. The van der Waals surface area contributed by atoms with Crippen LogP contribution < -0.4 is 54.3 Å². The van der Waals surface area contributed by atoms with Gasteiger partial charge in [0, 0.05) is 0 Å². The van der Waals surface area contributed by atoms with Crippen molar-refractivity contribution in [1.82, 2.24) is 0 Å². The molecular formula is C60H46O12P4. The Morgan fingerprint density at radius 2 is 0.289 bits per heavy atom. The van der Waals surface area contributed by atoms with Crippen LogP contribution in [-0.4, -0.2) is 0 Å². The minimum atomic E-state index is -2.28. The minimum absolute atomic E-state index is 0.223. The predicted molar refractivity (Wildman–Crippen MR) is 299 cm³/mol. The molecule has 0 aliphatic heterocycles. The topological polar surface area (TPSA) is 111 Å². The Kier molecular flexibility index (Phi) is 17.9. The van der Waals surface area contributed by atoms with Crippen LogP contribution in [0, 0.1) is 0 Å². The highest BCUT2D eigenvalue weighted by Crippen LogP contribution is 2.58. The van der Waals surface area contributed by atoms with Crippen LogP contribution in [0.4, 0.5) is 0 Å². The van der Waals surface area contributed by atoms with Crippen LogP contribution in [0.15, 0.2) is 279 Å². The lowest BCUT2D eigenvalue weighted by Crippen LogP contribution is -2.08. The van der Waals surface area contributed by atoms with Crippen molar-refractivity contribution in [2.45, 2.75) is 0 Å². The lowest BCUT2D eigenvalue weighted by atomic mass is 10.0. The fourth-order valence-corrected chi connectivity index (χ4v) is 11.0. The molecule has 0 unspecified atom stereocenters. The van der Waals surface area contributed by atoms with Crippen molar-refractivity contribution in [2.75, 3.05) is 0 Å². The van der Waals surface area contributed by atoms with Gasteiger partial charge in [-0.25, -0.2) is 0 Å². The van der Waals surface area contributed by atoms with E-state index in [0.29, 0.717) is 57.1 Å². The van der Waals surface area contributed by atoms with E-state index in [1.165, 1.54) is 0 Å². The average molecular weight is 1080 g/mol. The van der Waals surface area contributed by atoms with Crippen LogP contribution in [0.2, 0.25) is 0 Å². The van der Waals surface area contributed by atoms with Gasteiger partial charge in [-0.2, -0.15) is 0 Å². The number of para-hydroxylation sites is 8. The molecular weight excluding hydrogens is 1040 g/mol. The Hall–Kier alpha value is -8.48. The van der Waals surface area contributed by atoms with Gasteiger partial charge < -0.3 is 54.3 Å². The van der Waals surface area contributed by atoms with Gasteiger partial charge >= 0.3 is 34.4 Å². The summed E-state index contributed by atoms with van der Waals surface area (Å²) in [6.07, 6.45) is 0. The zero-order chi connectivity index (χ0) is 51.4. The van der Waals surface area contributed by atoms with Gasteiger partial charge in [0.2, 0.25) is 0 Å². The Morgan fingerprint density at radius 1 is 0.145 bits per heavy atom. The van der Waals surface area contributed by atoms with Crippen LogP contribution in [0.3, 0.4) is 0 Å². The summed E-state index contributed by atoms with van der Waals surface area (Å²) in [6, 6.07) is 84.8. The quantitative estimate of drug-likeness (QED) is 0.0508. The van der Waals surface area contributed by atoms with Crippen molar-refractivity contribution in [3.8, 4) is 80.1 Å². The Balaban J connectivity index is 1.16. The fourth-order valence-electron chi connectivity index (χ4n) is 6.90. The molecule has 0 heterocycles. The molecule has 0 aliphatic carbocycles. The maximum absolute atomic E-state index is 7.01. The SMILES string of the molecule is c1ccc(OP(Oc2ccccc2)Oc2cccc(OP(Oc3ccccc3)Oc3ccccc3)c2-c2c(OP(Oc3ccccc3)Oc3ccccc3)cccc2OP(Oc2ccccc2)Oc2ccccc2)cc1. The van der Waals surface area contributed by atoms with Crippen molar-refractivity contribution >= 4 is 34.4 Å². The first-order valence-electron chi connectivity index (χ1n) is 23.7. The first kappa shape index (κ1) is 51.0. The van der Waals surface area contributed by atoms with Crippen LogP contribution in [0.5, 0.6) is 69.0 Å². The molecule has 0 atom stereocenters. The first-order chi connectivity index (χ1) is 37.6. The molecule has 0 N–H and O–H groups in total. The van der Waals surface area contributed by atoms with Gasteiger partial charge in [-0.05, 0) is 121 Å². The van der Waals surface area contributed by atoms with Crippen LogP contribution in [0.25, 0.3) is 11.1 Å². The monoisotopic (exact) mass is 1080 g/mol. The third-order valence-corrected chi connectivity index (χ3v) is 14.6. The highest BCUT2D eigenvalue weighted by atomic mass is 31.2. The van der Waals surface area contributed by atoms with E-state index in [4.69, 9.17) is 54.3 Å². The second-order valence-electron chi connectivity index (χ2n) is 15.8. The summed E-state index contributed by atoms with van der Waals surface area (Å²) in [6.45, 7) is 0. The molecule has 0 bridgehead atoms. The zero-order valence-electron chi connectivity index (χ0n) is 40.2. The van der Waals surface area contributed by atoms with Crippen molar-refractivity contribution in [3.05, 3.63) is 279 Å². The molecule has 0 aliphatic rings. The maximum atomic E-state index is 7.01. The predicted octanol–water partition coefficient (Wildman–Crippen LogP) is 18.4. The third kappa shape index (κ3) is 14.9. The molecule has 0 fully saturated rings. The molecule has 0 radical (unpaired) electrons. The lowest BCUT2D eigenvalue weighted by Gasteiger charge is -2.26. The summed E-state index contributed by atoms with van der Waals surface area (Å²) in [4.78, 5) is 0. The highest BCUT2D eigenvalue weighted by molar-refractivity contribution is 7.44. The summed E-state index contributed by atoms with van der Waals surface area (Å²) < 4.78 is 80.4. The second-order valence-corrected chi connectivity index (χ2v) is 19.7. The third-order valence-electron chi connectivity index (χ3n) is 10.3. The van der Waals surface area contributed by atoms with Crippen molar-refractivity contribution < 1.29 is 54.3 Å². The normalized spacial score (nSPS) is 10.8. The summed E-state index contributed by atoms with van der Waals surface area (Å²) in [5, 5.41) is 0. The molecule has 76 heavy (non-hydrogen) atoms. The fraction of sp³-hybridized carbons (Fsp3) is 0. The Morgan fingerprint density at radius 3 is 0.434 bits per heavy atom. The molecule has 0 saturated carbocycles. The smallest absolute Gasteiger partial charge is 0.409 e. The van der Waals surface area contributed by atoms with Crippen LogP contribution in [0.1, 0.15) is 0 Å². The van der Waals surface area contributed by atoms with E-state index >= 15 is 0 Å². The summed E-state index contributed by atoms with van der Waals surface area (Å²) in [5.41, 5.74) is 0.608. The second kappa shape index (κ2) is 26.6. The van der Waals surface area contributed by atoms with Gasteiger partial charge in [-0.3, -0.25) is 0 Å². The first-order valence-corrected chi connectivity index (χ1v) is 28.0. The van der Waals surface area contributed by atoms with E-state index in [0.717, 1.165) is 0 Å². The van der Waals surface area contributed by atoms with Gasteiger partial charge in [-0.15, -0.1) is 0 Å². The van der Waals surface area contributed by atoms with E-state index in [1.807, 2.05) is 243 Å². The zero-order valence-corrected chi connectivity index (χ0v) is 43.8. The van der Waals surface area contributed by atoms with E-state index in [9.17, 15) is 0 Å². The van der Waals surface area contributed by atoms with Crippen LogP contribution in [-0.2, 0) is 0 Å². The van der Waals surface area contributed by atoms with E-state index in [1.54, 1.807) is 36.4 Å². The van der Waals surface area contributed by atoms with Gasteiger partial charge in [0.05, 0.1) is 11.1 Å². The van der Waals surface area contributed by atoms with Gasteiger partial charge in [-0.1, -0.05) is 158 Å². The summed E-state index contributed by atoms with van der Waals surface area (Å²) in [7, 11) is -9.12. The maximum Gasteiger partial charge on any atom is 0.530 e. The number of hydrogen-bond donors (Lipinski definition) is 0. The van der Waals surface area contributed by atoms with Crippen molar-refractivity contribution in [2.24, 2.45) is 0 Å². The Labute approximate surface area is 445 Å². The molecule has 10 aromatic rings. The van der Waals surface area contributed by atoms with Crippen molar-refractivity contribution in [3.63, 3.8) is 0 Å². The van der Waals surface area contributed by atoms with Gasteiger partial charge in [0.25, 0.3) is 0 Å². The molecule has 12 nitrogen and oxygen atoms in total. The molecule has 10 aromatic carbocycles. The average Bonchev–Trinajstić information content (AvgIpc) is 3.46. The van der Waals surface area contributed by atoms with Gasteiger partial charge in [0.1, 0.15) is 69.0 Å². The molecule has 0 spiro atoms. The Bertz CT molecular complexity index is 2690. The molecule has 10 rings (SSSR count). The number of hydrogen-bond acceptors (Lipinski definition) is 12. The highest BCUT2D eigenvalue weighted by Gasteiger charge is 2.34. The molecule has 0 saturated heterocycles. The van der Waals surface area contributed by atoms with E-state index < -0.39 is 34.4 Å². The summed E-state index contributed by atoms with van der Waals surface area (Å²) >= 11 is 0. The molecule has 0 aromatic heterocycles. The minimum Gasteiger partial charge on any atom is -0.409 e. The lowest BCUT2D eigenvalue weighted by molar-refractivity contribution is 0.376. The summed E-state index contributed by atoms with van der Waals surface area (Å²) in [5.74, 6) is 4.93. The van der Waals surface area contributed by atoms with Crippen LogP contribution >= 0.6 is 34.4 Å². The number of benzene rings is 10. The van der Waals surface area contributed by atoms with Gasteiger partial charge in [0.15, 0.2) is 0 Å². The number of rotatable bonds is 25. The molecule has 16 heteroatoms. The van der Waals surface area contributed by atoms with Crippen molar-refractivity contribution in [1.29, 1.82) is 0 Å². The standard InChI is InChI=1S/C60H46O12P4/c1-9-27-47(28-10-1)61-73(62-48-29-11-2-12-30-48)69-55-43-25-44-56(70-74(63-49-31-13-3-14-32-49)64-50-33-15-4-16-34-50)59(55)60-57(71-75(65-51-35-17-5-18-36-51)66-52-37-19-6-20-38-52)45-26-46-58(60)72-76(67-53-39-21-7-22-40-53)68-54-41-23-8-24-42-54/h1-46H. The molecule has 0 amide bonds. The van der Waals surface area contributed by atoms with E-state index in [-0.39, 0.29) is 23.0 Å². The van der Waals surface area contributed by atoms with E-state index in [2.05, 4.69) is 0 Å².